The largest absolute Gasteiger partial charge is 0.398 e. The number of rotatable bonds is 4. The number of nitrogen functional groups attached to an aromatic ring is 1. The van der Waals surface area contributed by atoms with Crippen molar-refractivity contribution >= 4 is 40.6 Å². The van der Waals surface area contributed by atoms with Crippen LogP contribution in [-0.4, -0.2) is 11.7 Å². The van der Waals surface area contributed by atoms with Gasteiger partial charge in [0.05, 0.1) is 11.4 Å². The quantitative estimate of drug-likeness (QED) is 0.667. The highest BCUT2D eigenvalue weighted by atomic mass is 35.5. The zero-order valence-electron chi connectivity index (χ0n) is 10.4. The van der Waals surface area contributed by atoms with Crippen LogP contribution in [0.25, 0.3) is 0 Å². The molecule has 0 aliphatic rings. The van der Waals surface area contributed by atoms with Crippen molar-refractivity contribution in [2.75, 3.05) is 16.8 Å². The first kappa shape index (κ1) is 14.7. The van der Waals surface area contributed by atoms with Crippen LogP contribution in [0, 0.1) is 5.82 Å². The van der Waals surface area contributed by atoms with Crippen molar-refractivity contribution in [2.24, 2.45) is 0 Å². The van der Waals surface area contributed by atoms with Crippen molar-refractivity contribution < 1.29 is 9.18 Å². The van der Waals surface area contributed by atoms with E-state index in [-0.39, 0.29) is 17.3 Å². The molecular formula is C14H12ClFN2OS. The summed E-state index contributed by atoms with van der Waals surface area (Å²) >= 11 is 7.11. The van der Waals surface area contributed by atoms with E-state index in [4.69, 9.17) is 17.3 Å². The molecule has 0 heterocycles. The molecule has 0 spiro atoms. The summed E-state index contributed by atoms with van der Waals surface area (Å²) in [6.45, 7) is 0. The summed E-state index contributed by atoms with van der Waals surface area (Å²) in [7, 11) is 0. The number of anilines is 2. The summed E-state index contributed by atoms with van der Waals surface area (Å²) < 4.78 is 13.4. The summed E-state index contributed by atoms with van der Waals surface area (Å²) in [5.74, 6) is -0.647. The third-order valence-electron chi connectivity index (χ3n) is 2.48. The molecule has 0 fully saturated rings. The third kappa shape index (κ3) is 3.88. The van der Waals surface area contributed by atoms with Gasteiger partial charge >= 0.3 is 0 Å². The van der Waals surface area contributed by atoms with Crippen molar-refractivity contribution in [1.29, 1.82) is 0 Å². The molecule has 104 valence electrons. The van der Waals surface area contributed by atoms with Crippen LogP contribution >= 0.6 is 23.4 Å². The van der Waals surface area contributed by atoms with Gasteiger partial charge in [-0.3, -0.25) is 4.79 Å². The highest BCUT2D eigenvalue weighted by Gasteiger charge is 2.08. The van der Waals surface area contributed by atoms with E-state index in [2.05, 4.69) is 5.32 Å². The molecule has 2 rings (SSSR count). The van der Waals surface area contributed by atoms with Crippen LogP contribution < -0.4 is 11.1 Å². The first-order valence-electron chi connectivity index (χ1n) is 5.78. The lowest BCUT2D eigenvalue weighted by atomic mass is 10.3. The second-order valence-electron chi connectivity index (χ2n) is 4.00. The Labute approximate surface area is 125 Å². The average Bonchev–Trinajstić information content (AvgIpc) is 2.42. The number of thioether (sulfide) groups is 1. The van der Waals surface area contributed by atoms with Gasteiger partial charge in [0.15, 0.2) is 0 Å². The number of amides is 1. The van der Waals surface area contributed by atoms with Crippen LogP contribution in [0.1, 0.15) is 0 Å². The Morgan fingerprint density at radius 1 is 1.30 bits per heavy atom. The predicted molar refractivity (Wildman–Crippen MR) is 81.6 cm³/mol. The van der Waals surface area contributed by atoms with Gasteiger partial charge in [0.1, 0.15) is 5.82 Å². The van der Waals surface area contributed by atoms with E-state index in [0.717, 1.165) is 4.90 Å². The summed E-state index contributed by atoms with van der Waals surface area (Å²) in [6, 6.07) is 11.1. The number of hydrogen-bond donors (Lipinski definition) is 2. The molecule has 0 saturated carbocycles. The van der Waals surface area contributed by atoms with Crippen LogP contribution in [0.15, 0.2) is 47.4 Å². The van der Waals surface area contributed by atoms with E-state index < -0.39 is 5.82 Å². The summed E-state index contributed by atoms with van der Waals surface area (Å²) in [6.07, 6.45) is 0. The van der Waals surface area contributed by atoms with Gasteiger partial charge in [-0.1, -0.05) is 23.7 Å². The molecule has 20 heavy (non-hydrogen) atoms. The fourth-order valence-electron chi connectivity index (χ4n) is 1.53. The third-order valence-corrected chi connectivity index (χ3v) is 3.79. The zero-order chi connectivity index (χ0) is 14.5. The van der Waals surface area contributed by atoms with Gasteiger partial charge in [-0.05, 0) is 30.3 Å². The molecule has 1 amide bonds. The van der Waals surface area contributed by atoms with E-state index in [9.17, 15) is 9.18 Å². The monoisotopic (exact) mass is 310 g/mol. The molecule has 0 atom stereocenters. The zero-order valence-corrected chi connectivity index (χ0v) is 12.0. The number of para-hydroxylation sites is 1. The minimum Gasteiger partial charge on any atom is -0.398 e. The Morgan fingerprint density at radius 2 is 2.05 bits per heavy atom. The standard InChI is InChI=1S/C14H12ClFN2OS/c15-9-5-6-11(17)13(7-9)20-8-14(19)18-12-4-2-1-3-10(12)16/h1-7H,8,17H2,(H,18,19). The van der Waals surface area contributed by atoms with Crippen LogP contribution in [0.3, 0.4) is 0 Å². The van der Waals surface area contributed by atoms with Gasteiger partial charge in [-0.15, -0.1) is 11.8 Å². The van der Waals surface area contributed by atoms with Gasteiger partial charge in [0, 0.05) is 15.6 Å². The number of halogens is 2. The maximum Gasteiger partial charge on any atom is 0.234 e. The first-order chi connectivity index (χ1) is 9.56. The Hall–Kier alpha value is -1.72. The van der Waals surface area contributed by atoms with E-state index >= 15 is 0 Å². The minimum atomic E-state index is -0.465. The second kappa shape index (κ2) is 6.63. The maximum absolute atomic E-state index is 13.4. The predicted octanol–water partition coefficient (Wildman–Crippen LogP) is 3.79. The topological polar surface area (TPSA) is 55.1 Å². The Bertz CT molecular complexity index is 636. The molecule has 2 aromatic carbocycles. The number of benzene rings is 2. The summed E-state index contributed by atoms with van der Waals surface area (Å²) in [5, 5.41) is 3.06. The number of nitrogens with one attached hydrogen (secondary N) is 1. The van der Waals surface area contributed by atoms with Crippen LogP contribution in [0.5, 0.6) is 0 Å². The molecular weight excluding hydrogens is 299 g/mol. The molecule has 6 heteroatoms. The van der Waals surface area contributed by atoms with Gasteiger partial charge in [-0.25, -0.2) is 4.39 Å². The number of carbonyl (C=O) groups is 1. The normalized spacial score (nSPS) is 10.3. The maximum atomic E-state index is 13.4. The average molecular weight is 311 g/mol. The van der Waals surface area contributed by atoms with Gasteiger partial charge < -0.3 is 11.1 Å². The Morgan fingerprint density at radius 3 is 2.80 bits per heavy atom. The number of carbonyl (C=O) groups excluding carboxylic acids is 1. The molecule has 0 saturated heterocycles. The molecule has 2 aromatic rings. The number of hydrogen-bond acceptors (Lipinski definition) is 3. The Kier molecular flexibility index (Phi) is 4.87. The van der Waals surface area contributed by atoms with Crippen LogP contribution in [-0.2, 0) is 4.79 Å². The lowest BCUT2D eigenvalue weighted by Crippen LogP contribution is -2.15. The van der Waals surface area contributed by atoms with Crippen LogP contribution in [0.2, 0.25) is 5.02 Å². The molecule has 3 N–H and O–H groups in total. The van der Waals surface area contributed by atoms with E-state index in [0.29, 0.717) is 10.7 Å². The highest BCUT2D eigenvalue weighted by Crippen LogP contribution is 2.28. The molecule has 0 unspecified atom stereocenters. The fourth-order valence-corrected chi connectivity index (χ4v) is 2.57. The van der Waals surface area contributed by atoms with Gasteiger partial charge in [-0.2, -0.15) is 0 Å². The van der Waals surface area contributed by atoms with Crippen molar-refractivity contribution in [2.45, 2.75) is 4.90 Å². The molecule has 0 aliphatic carbocycles. The summed E-state index contributed by atoms with van der Waals surface area (Å²) in [4.78, 5) is 12.5. The SMILES string of the molecule is Nc1ccc(Cl)cc1SCC(=O)Nc1ccccc1F. The molecule has 0 aliphatic heterocycles. The van der Waals surface area contributed by atoms with Crippen molar-refractivity contribution in [1.82, 2.24) is 0 Å². The molecule has 3 nitrogen and oxygen atoms in total. The van der Waals surface area contributed by atoms with Crippen molar-refractivity contribution in [3.8, 4) is 0 Å². The summed E-state index contributed by atoms with van der Waals surface area (Å²) in [5.41, 5.74) is 6.50. The fraction of sp³-hybridized carbons (Fsp3) is 0.0714. The first-order valence-corrected chi connectivity index (χ1v) is 7.15. The van der Waals surface area contributed by atoms with E-state index in [1.165, 1.54) is 23.9 Å². The van der Waals surface area contributed by atoms with Gasteiger partial charge in [0.25, 0.3) is 0 Å². The van der Waals surface area contributed by atoms with Crippen LogP contribution in [0.4, 0.5) is 15.8 Å². The minimum absolute atomic E-state index is 0.124. The molecule has 0 bridgehead atoms. The Balaban J connectivity index is 1.96. The molecule has 0 aromatic heterocycles. The van der Waals surface area contributed by atoms with Crippen molar-refractivity contribution in [3.05, 3.63) is 53.3 Å². The number of nitrogens with two attached hydrogens (primary N) is 1. The van der Waals surface area contributed by atoms with E-state index in [1.54, 1.807) is 30.3 Å². The van der Waals surface area contributed by atoms with Gasteiger partial charge in [0.2, 0.25) is 5.91 Å². The van der Waals surface area contributed by atoms with E-state index in [1.807, 2.05) is 0 Å². The lowest BCUT2D eigenvalue weighted by molar-refractivity contribution is -0.113. The van der Waals surface area contributed by atoms with Crippen molar-refractivity contribution in [3.63, 3.8) is 0 Å². The second-order valence-corrected chi connectivity index (χ2v) is 5.45. The highest BCUT2D eigenvalue weighted by molar-refractivity contribution is 8.00. The smallest absolute Gasteiger partial charge is 0.234 e. The lowest BCUT2D eigenvalue weighted by Gasteiger charge is -2.07. The molecule has 0 radical (unpaired) electrons.